The number of nitrogens with one attached hydrogen (secondary N) is 1. The minimum atomic E-state index is -0.334. The number of benzene rings is 1. The van der Waals surface area contributed by atoms with Crippen LogP contribution in [0.4, 0.5) is 0 Å². The molecule has 7 nitrogen and oxygen atoms in total. The van der Waals surface area contributed by atoms with Gasteiger partial charge in [-0.05, 0) is 56.2 Å². The minimum absolute atomic E-state index is 0.334. The predicted molar refractivity (Wildman–Crippen MR) is 102 cm³/mol. The molecule has 0 spiro atoms. The van der Waals surface area contributed by atoms with Crippen molar-refractivity contribution in [3.05, 3.63) is 58.3 Å². The average Bonchev–Trinajstić information content (AvgIpc) is 3.30. The van der Waals surface area contributed by atoms with E-state index >= 15 is 0 Å². The zero-order valence-corrected chi connectivity index (χ0v) is 15.5. The Balaban J connectivity index is 1.51. The van der Waals surface area contributed by atoms with Crippen LogP contribution in [0.1, 0.15) is 47.6 Å². The van der Waals surface area contributed by atoms with E-state index in [0.717, 1.165) is 24.2 Å². The Hall–Kier alpha value is -3.00. The second kappa shape index (κ2) is 7.32. The zero-order valence-electron chi connectivity index (χ0n) is 14.7. The molecule has 1 N–H and O–H groups in total. The highest BCUT2D eigenvalue weighted by atomic mass is 32.1. The van der Waals surface area contributed by atoms with Gasteiger partial charge in [-0.15, -0.1) is 0 Å². The lowest BCUT2D eigenvalue weighted by atomic mass is 10.1. The molecule has 0 amide bonds. The van der Waals surface area contributed by atoms with Gasteiger partial charge >= 0.3 is 5.97 Å². The maximum atomic E-state index is 11.7. The van der Waals surface area contributed by atoms with Gasteiger partial charge < -0.3 is 9.15 Å². The summed E-state index contributed by atoms with van der Waals surface area (Å²) in [5.41, 5.74) is 1.37. The number of hydrogen-bond acceptors (Lipinski definition) is 6. The van der Waals surface area contributed by atoms with Crippen LogP contribution in [0.25, 0.3) is 11.3 Å². The molecular weight excluding hydrogens is 364 g/mol. The van der Waals surface area contributed by atoms with Gasteiger partial charge in [0, 0.05) is 11.5 Å². The minimum Gasteiger partial charge on any atom is -0.462 e. The van der Waals surface area contributed by atoms with Crippen LogP contribution in [0.3, 0.4) is 0 Å². The summed E-state index contributed by atoms with van der Waals surface area (Å²) in [5.74, 6) is 2.24. The third-order valence-electron chi connectivity index (χ3n) is 4.23. The molecule has 4 rings (SSSR count). The molecule has 3 aromatic rings. The Bertz CT molecular complexity index is 1040. The van der Waals surface area contributed by atoms with Crippen molar-refractivity contribution in [2.45, 2.75) is 25.7 Å². The fraction of sp³-hybridized carbons (Fsp3) is 0.263. The molecule has 0 saturated heterocycles. The van der Waals surface area contributed by atoms with Gasteiger partial charge in [-0.1, -0.05) is 12.1 Å². The van der Waals surface area contributed by atoms with Crippen LogP contribution < -0.4 is 0 Å². The van der Waals surface area contributed by atoms with E-state index in [1.54, 1.807) is 29.9 Å². The van der Waals surface area contributed by atoms with Gasteiger partial charge in [0.2, 0.25) is 4.77 Å². The number of aromatic nitrogens is 3. The summed E-state index contributed by atoms with van der Waals surface area (Å²) in [4.78, 5) is 11.7. The number of H-pyrrole nitrogens is 1. The van der Waals surface area contributed by atoms with Crippen molar-refractivity contribution in [3.63, 3.8) is 0 Å². The van der Waals surface area contributed by atoms with Crippen LogP contribution in [0, 0.1) is 4.77 Å². The van der Waals surface area contributed by atoms with Crippen LogP contribution in [0.5, 0.6) is 0 Å². The first-order chi connectivity index (χ1) is 13.2. The molecule has 27 heavy (non-hydrogen) atoms. The molecular formula is C19H18N4O3S. The number of ether oxygens (including phenoxy) is 1. The van der Waals surface area contributed by atoms with E-state index in [9.17, 15) is 4.79 Å². The van der Waals surface area contributed by atoms with Crippen molar-refractivity contribution in [3.8, 4) is 11.3 Å². The molecule has 2 aromatic heterocycles. The number of carbonyl (C=O) groups excluding carboxylic acids is 1. The summed E-state index contributed by atoms with van der Waals surface area (Å²) >= 11 is 5.23. The van der Waals surface area contributed by atoms with Crippen LogP contribution in [-0.4, -0.2) is 33.7 Å². The topological polar surface area (TPSA) is 85.4 Å². The van der Waals surface area contributed by atoms with Crippen LogP contribution in [0.2, 0.25) is 0 Å². The third kappa shape index (κ3) is 3.75. The van der Waals surface area contributed by atoms with E-state index in [0.29, 0.717) is 34.4 Å². The van der Waals surface area contributed by atoms with Gasteiger partial charge in [0.15, 0.2) is 5.82 Å². The van der Waals surface area contributed by atoms with Crippen molar-refractivity contribution in [2.75, 3.05) is 6.61 Å². The molecule has 0 unspecified atom stereocenters. The number of hydrogen-bond donors (Lipinski definition) is 1. The summed E-state index contributed by atoms with van der Waals surface area (Å²) in [7, 11) is 0. The molecule has 1 saturated carbocycles. The SMILES string of the molecule is CCOC(=O)c1ccc(-c2ccc(/C=N\n3c(C4CC4)n[nH]c3=S)o2)cc1. The van der Waals surface area contributed by atoms with Crippen molar-refractivity contribution >= 4 is 24.4 Å². The van der Waals surface area contributed by atoms with Crippen LogP contribution >= 0.6 is 12.2 Å². The highest BCUT2D eigenvalue weighted by Gasteiger charge is 2.29. The summed E-state index contributed by atoms with van der Waals surface area (Å²) in [5, 5.41) is 11.4. The van der Waals surface area contributed by atoms with Crippen molar-refractivity contribution in [2.24, 2.45) is 5.10 Å². The number of furan rings is 1. The Labute approximate surface area is 160 Å². The molecule has 0 bridgehead atoms. The third-order valence-corrected chi connectivity index (χ3v) is 4.49. The van der Waals surface area contributed by atoms with Crippen molar-refractivity contribution in [1.82, 2.24) is 14.9 Å². The lowest BCUT2D eigenvalue weighted by molar-refractivity contribution is 0.0526. The molecule has 0 radical (unpaired) electrons. The lowest BCUT2D eigenvalue weighted by Crippen LogP contribution is -2.03. The van der Waals surface area contributed by atoms with Gasteiger partial charge in [-0.3, -0.25) is 5.10 Å². The van der Waals surface area contributed by atoms with Crippen LogP contribution in [0.15, 0.2) is 45.9 Å². The maximum absolute atomic E-state index is 11.7. The second-order valence-corrected chi connectivity index (χ2v) is 6.60. The first kappa shape index (κ1) is 17.4. The molecule has 2 heterocycles. The van der Waals surface area contributed by atoms with Gasteiger partial charge in [0.25, 0.3) is 0 Å². The van der Waals surface area contributed by atoms with Gasteiger partial charge in [0.05, 0.1) is 18.4 Å². The Morgan fingerprint density at radius 1 is 1.37 bits per heavy atom. The largest absolute Gasteiger partial charge is 0.462 e. The Kier molecular flexibility index (Phi) is 4.72. The van der Waals surface area contributed by atoms with E-state index in [1.807, 2.05) is 24.3 Å². The van der Waals surface area contributed by atoms with E-state index in [4.69, 9.17) is 21.4 Å². The smallest absolute Gasteiger partial charge is 0.338 e. The maximum Gasteiger partial charge on any atom is 0.338 e. The molecule has 138 valence electrons. The molecule has 1 aliphatic carbocycles. The number of esters is 1. The summed E-state index contributed by atoms with van der Waals surface area (Å²) < 4.78 is 12.9. The monoisotopic (exact) mass is 382 g/mol. The first-order valence-corrected chi connectivity index (χ1v) is 9.15. The highest BCUT2D eigenvalue weighted by Crippen LogP contribution is 2.38. The highest BCUT2D eigenvalue weighted by molar-refractivity contribution is 7.71. The van der Waals surface area contributed by atoms with E-state index < -0.39 is 0 Å². The van der Waals surface area contributed by atoms with Gasteiger partial charge in [-0.2, -0.15) is 14.9 Å². The fourth-order valence-electron chi connectivity index (χ4n) is 2.70. The fourth-order valence-corrected chi connectivity index (χ4v) is 2.88. The molecule has 0 aliphatic heterocycles. The average molecular weight is 382 g/mol. The number of carbonyl (C=O) groups is 1. The Morgan fingerprint density at radius 2 is 2.15 bits per heavy atom. The standard InChI is InChI=1S/C19H18N4O3S/c1-2-25-18(24)14-7-3-12(4-8-14)16-10-9-15(26-16)11-20-23-17(13-5-6-13)21-22-19(23)27/h3-4,7-11,13H,2,5-6H2,1H3,(H,22,27)/b20-11-. The summed E-state index contributed by atoms with van der Waals surface area (Å²) in [6, 6.07) is 10.8. The lowest BCUT2D eigenvalue weighted by Gasteiger charge is -2.02. The number of nitrogens with zero attached hydrogens (tertiary/aromatic N) is 3. The zero-order chi connectivity index (χ0) is 18.8. The van der Waals surface area contributed by atoms with Crippen molar-refractivity contribution < 1.29 is 13.9 Å². The molecule has 1 fully saturated rings. The molecule has 0 atom stereocenters. The summed E-state index contributed by atoms with van der Waals surface area (Å²) in [6.45, 7) is 2.13. The van der Waals surface area contributed by atoms with Crippen LogP contribution in [-0.2, 0) is 4.74 Å². The van der Waals surface area contributed by atoms with E-state index in [1.165, 1.54) is 0 Å². The van der Waals surface area contributed by atoms with Crippen molar-refractivity contribution in [1.29, 1.82) is 0 Å². The molecule has 1 aliphatic rings. The number of aromatic amines is 1. The predicted octanol–water partition coefficient (Wildman–Crippen LogP) is 4.14. The van der Waals surface area contributed by atoms with Gasteiger partial charge in [-0.25, -0.2) is 4.79 Å². The molecule has 1 aromatic carbocycles. The normalized spacial score (nSPS) is 14.0. The second-order valence-electron chi connectivity index (χ2n) is 6.22. The van der Waals surface area contributed by atoms with E-state index in [2.05, 4.69) is 15.3 Å². The van der Waals surface area contributed by atoms with E-state index in [-0.39, 0.29) is 5.97 Å². The molecule has 8 heteroatoms. The van der Waals surface area contributed by atoms with Gasteiger partial charge in [0.1, 0.15) is 11.5 Å². The first-order valence-electron chi connectivity index (χ1n) is 8.74. The Morgan fingerprint density at radius 3 is 2.85 bits per heavy atom. The quantitative estimate of drug-likeness (QED) is 0.393. The summed E-state index contributed by atoms with van der Waals surface area (Å²) in [6.07, 6.45) is 3.84. The number of rotatable bonds is 6.